The molecule has 0 aromatic carbocycles. The normalized spacial score (nSPS) is 13.4. The molecule has 1 unspecified atom stereocenters. The molecular formula is C44H73O8P. The Hall–Kier alpha value is -2.77. The first-order valence-corrected chi connectivity index (χ1v) is 21.9. The topological polar surface area (TPSA) is 119 Å². The molecule has 0 spiro atoms. The lowest BCUT2D eigenvalue weighted by atomic mass is 10.1. The van der Waals surface area contributed by atoms with Gasteiger partial charge in [0.25, 0.3) is 0 Å². The van der Waals surface area contributed by atoms with Crippen LogP contribution in [0.5, 0.6) is 0 Å². The van der Waals surface area contributed by atoms with Gasteiger partial charge in [-0.25, -0.2) is 4.57 Å². The zero-order valence-electron chi connectivity index (χ0n) is 33.1. The third-order valence-corrected chi connectivity index (χ3v) is 8.71. The Morgan fingerprint density at radius 2 is 0.943 bits per heavy atom. The van der Waals surface area contributed by atoms with Gasteiger partial charge in [0.1, 0.15) is 6.61 Å². The van der Waals surface area contributed by atoms with Gasteiger partial charge >= 0.3 is 19.8 Å². The van der Waals surface area contributed by atoms with E-state index < -0.39 is 32.5 Å². The number of ether oxygens (including phenoxy) is 2. The highest BCUT2D eigenvalue weighted by atomic mass is 31.2. The van der Waals surface area contributed by atoms with Gasteiger partial charge in [0.2, 0.25) is 0 Å². The lowest BCUT2D eigenvalue weighted by Crippen LogP contribution is -2.29. The maximum Gasteiger partial charge on any atom is 0.469 e. The van der Waals surface area contributed by atoms with Gasteiger partial charge in [0.15, 0.2) is 6.10 Å². The van der Waals surface area contributed by atoms with Crippen molar-refractivity contribution in [2.75, 3.05) is 13.2 Å². The Morgan fingerprint density at radius 1 is 0.509 bits per heavy atom. The molecule has 2 N–H and O–H groups in total. The predicted octanol–water partition coefficient (Wildman–Crippen LogP) is 12.5. The average molecular weight is 761 g/mol. The number of carbonyl (C=O) groups excluding carboxylic acids is 2. The minimum absolute atomic E-state index is 0.183. The van der Waals surface area contributed by atoms with E-state index in [0.29, 0.717) is 12.8 Å². The van der Waals surface area contributed by atoms with Gasteiger partial charge in [-0.05, 0) is 70.6 Å². The fourth-order valence-corrected chi connectivity index (χ4v) is 5.61. The fraction of sp³-hybridized carbons (Fsp3) is 0.636. The number of carbonyl (C=O) groups is 2. The summed E-state index contributed by atoms with van der Waals surface area (Å²) in [4.78, 5) is 42.8. The molecule has 0 aliphatic heterocycles. The molecule has 0 radical (unpaired) electrons. The van der Waals surface area contributed by atoms with Crippen molar-refractivity contribution in [2.45, 2.75) is 168 Å². The van der Waals surface area contributed by atoms with Crippen LogP contribution >= 0.6 is 7.82 Å². The second kappa shape index (κ2) is 38.9. The Kier molecular flexibility index (Phi) is 36.9. The third-order valence-electron chi connectivity index (χ3n) is 8.22. The van der Waals surface area contributed by atoms with Crippen molar-refractivity contribution in [1.29, 1.82) is 0 Å². The molecule has 0 rings (SSSR count). The summed E-state index contributed by atoms with van der Waals surface area (Å²) in [5.41, 5.74) is 0. The highest BCUT2D eigenvalue weighted by molar-refractivity contribution is 7.46. The molecule has 302 valence electrons. The Bertz CT molecular complexity index is 1130. The minimum Gasteiger partial charge on any atom is -0.462 e. The van der Waals surface area contributed by atoms with E-state index in [2.05, 4.69) is 85.2 Å². The Balaban J connectivity index is 3.94. The van der Waals surface area contributed by atoms with Gasteiger partial charge in [-0.2, -0.15) is 0 Å². The maximum absolute atomic E-state index is 12.4. The van der Waals surface area contributed by atoms with Crippen molar-refractivity contribution in [3.05, 3.63) is 85.1 Å². The van der Waals surface area contributed by atoms with Gasteiger partial charge < -0.3 is 19.3 Å². The molecule has 8 nitrogen and oxygen atoms in total. The second-order valence-corrected chi connectivity index (χ2v) is 14.5. The van der Waals surface area contributed by atoms with E-state index in [9.17, 15) is 14.2 Å². The number of allylic oxidation sites excluding steroid dienone is 14. The standard InChI is InChI=1S/C44H73O8P/c1-3-5-7-9-11-13-15-17-18-19-20-21-22-23-24-25-27-28-30-32-34-36-38-43(45)50-40-42(41-51-53(47,48)49)52-44(46)39-37-35-33-31-29-26-16-14-12-10-8-6-4-2/h5-8,10-14,16-18,20-21,42H,3-4,9,15,19,22-41H2,1-2H3,(H2,47,48,49)/b7-5+,8-6+,12-10+,13-11+,16-14+,18-17+,21-20+. The zero-order valence-corrected chi connectivity index (χ0v) is 34.0. The summed E-state index contributed by atoms with van der Waals surface area (Å²) in [6.07, 6.45) is 51.6. The molecule has 0 aliphatic carbocycles. The van der Waals surface area contributed by atoms with Crippen LogP contribution in [0.15, 0.2) is 85.1 Å². The third kappa shape index (κ3) is 41.8. The first kappa shape index (κ1) is 50.2. The number of phosphoric acid groups is 1. The van der Waals surface area contributed by atoms with Crippen LogP contribution in [-0.4, -0.2) is 41.0 Å². The van der Waals surface area contributed by atoms with E-state index in [1.54, 1.807) is 0 Å². The SMILES string of the molecule is CC/C=C/C=C/C=C/CCCCCCCC(=O)OC(COC(=O)CCCCCCCCCCC/C=C/C/C=C/C/C=C/C/C=C/CC)COP(=O)(O)O. The monoisotopic (exact) mass is 761 g/mol. The number of esters is 2. The van der Waals surface area contributed by atoms with Gasteiger partial charge in [0, 0.05) is 12.8 Å². The van der Waals surface area contributed by atoms with E-state index in [4.69, 9.17) is 19.3 Å². The number of rotatable bonds is 36. The fourth-order valence-electron chi connectivity index (χ4n) is 5.25. The highest BCUT2D eigenvalue weighted by Crippen LogP contribution is 2.36. The largest absolute Gasteiger partial charge is 0.469 e. The van der Waals surface area contributed by atoms with Crippen molar-refractivity contribution in [2.24, 2.45) is 0 Å². The summed E-state index contributed by atoms with van der Waals surface area (Å²) in [5.74, 6) is -0.923. The van der Waals surface area contributed by atoms with Crippen molar-refractivity contribution >= 4 is 19.8 Å². The molecule has 0 bridgehead atoms. The van der Waals surface area contributed by atoms with Crippen LogP contribution in [0, 0.1) is 0 Å². The minimum atomic E-state index is -4.76. The average Bonchev–Trinajstić information content (AvgIpc) is 3.13. The van der Waals surface area contributed by atoms with Gasteiger partial charge in [-0.3, -0.25) is 14.1 Å². The molecular weight excluding hydrogens is 687 g/mol. The van der Waals surface area contributed by atoms with Crippen molar-refractivity contribution < 1.29 is 37.9 Å². The predicted molar refractivity (Wildman–Crippen MR) is 220 cm³/mol. The number of hydrogen-bond acceptors (Lipinski definition) is 6. The molecule has 1 atom stereocenters. The van der Waals surface area contributed by atoms with Crippen LogP contribution in [0.3, 0.4) is 0 Å². The molecule has 0 aromatic rings. The quantitative estimate of drug-likeness (QED) is 0.0213. The number of unbranched alkanes of at least 4 members (excludes halogenated alkanes) is 14. The molecule has 0 saturated heterocycles. The van der Waals surface area contributed by atoms with Crippen LogP contribution in [0.1, 0.15) is 162 Å². The summed E-state index contributed by atoms with van der Waals surface area (Å²) < 4.78 is 26.3. The summed E-state index contributed by atoms with van der Waals surface area (Å²) in [5, 5.41) is 0. The Morgan fingerprint density at radius 3 is 1.47 bits per heavy atom. The van der Waals surface area contributed by atoms with Crippen LogP contribution in [0.2, 0.25) is 0 Å². The molecule has 0 aliphatic rings. The summed E-state index contributed by atoms with van der Waals surface area (Å²) >= 11 is 0. The van der Waals surface area contributed by atoms with E-state index in [0.717, 1.165) is 89.9 Å². The Labute approximate surface area is 322 Å². The number of hydrogen-bond donors (Lipinski definition) is 2. The van der Waals surface area contributed by atoms with Crippen LogP contribution in [0.4, 0.5) is 0 Å². The van der Waals surface area contributed by atoms with E-state index in [1.165, 1.54) is 32.1 Å². The first-order valence-electron chi connectivity index (χ1n) is 20.4. The molecule has 0 saturated carbocycles. The van der Waals surface area contributed by atoms with Crippen molar-refractivity contribution in [3.63, 3.8) is 0 Å². The van der Waals surface area contributed by atoms with E-state index in [-0.39, 0.29) is 19.4 Å². The maximum atomic E-state index is 12.4. The summed E-state index contributed by atoms with van der Waals surface area (Å²) in [6.45, 7) is 3.40. The van der Waals surface area contributed by atoms with Crippen molar-refractivity contribution in [1.82, 2.24) is 0 Å². The number of phosphoric ester groups is 1. The zero-order chi connectivity index (χ0) is 38.9. The molecule has 53 heavy (non-hydrogen) atoms. The van der Waals surface area contributed by atoms with Gasteiger partial charge in [-0.1, -0.05) is 163 Å². The molecule has 0 aromatic heterocycles. The lowest BCUT2D eigenvalue weighted by Gasteiger charge is -2.18. The van der Waals surface area contributed by atoms with E-state index >= 15 is 0 Å². The smallest absolute Gasteiger partial charge is 0.462 e. The highest BCUT2D eigenvalue weighted by Gasteiger charge is 2.22. The summed E-state index contributed by atoms with van der Waals surface area (Å²) in [6, 6.07) is 0. The van der Waals surface area contributed by atoms with Gasteiger partial charge in [-0.15, -0.1) is 0 Å². The molecule has 0 fully saturated rings. The van der Waals surface area contributed by atoms with Gasteiger partial charge in [0.05, 0.1) is 6.61 Å². The lowest BCUT2D eigenvalue weighted by molar-refractivity contribution is -0.161. The molecule has 9 heteroatoms. The first-order chi connectivity index (χ1) is 25.8. The second-order valence-electron chi connectivity index (χ2n) is 13.3. The molecule has 0 heterocycles. The van der Waals surface area contributed by atoms with Crippen LogP contribution < -0.4 is 0 Å². The van der Waals surface area contributed by atoms with Crippen LogP contribution in [0.25, 0.3) is 0 Å². The molecule has 0 amide bonds. The van der Waals surface area contributed by atoms with E-state index in [1.807, 2.05) is 18.2 Å². The summed E-state index contributed by atoms with van der Waals surface area (Å²) in [7, 11) is -4.76. The van der Waals surface area contributed by atoms with Crippen molar-refractivity contribution in [3.8, 4) is 0 Å². The van der Waals surface area contributed by atoms with Crippen LogP contribution in [-0.2, 0) is 28.2 Å².